The van der Waals surface area contributed by atoms with E-state index in [9.17, 15) is 4.79 Å². The first-order valence-electron chi connectivity index (χ1n) is 21.9. The second-order valence-corrected chi connectivity index (χ2v) is 19.4. The van der Waals surface area contributed by atoms with Crippen LogP contribution in [0.2, 0.25) is 0 Å². The average Bonchev–Trinajstić information content (AvgIpc) is 3.81. The van der Waals surface area contributed by atoms with Gasteiger partial charge >= 0.3 is 0 Å². The number of Topliss-reactive ketones (excluding diaryl/α,β-unsaturated/α-hetero) is 2. The smallest absolute Gasteiger partial charge is 0.182 e. The van der Waals surface area contributed by atoms with Crippen LogP contribution in [-0.2, 0) is 21.7 Å². The third-order valence-electron chi connectivity index (χ3n) is 15.3. The molecule has 0 aromatic heterocycles. The highest BCUT2D eigenvalue weighted by molar-refractivity contribution is 6.21. The van der Waals surface area contributed by atoms with E-state index in [1.54, 1.807) is 0 Å². The largest absolute Gasteiger partial charge is 0.293 e. The number of fused-ring (bicyclic) bond motifs is 18. The van der Waals surface area contributed by atoms with Crippen LogP contribution >= 0.6 is 0 Å². The number of benzene rings is 8. The van der Waals surface area contributed by atoms with Gasteiger partial charge in [-0.25, -0.2) is 0 Å². The van der Waals surface area contributed by atoms with E-state index in [-0.39, 0.29) is 22.4 Å². The van der Waals surface area contributed by atoms with Crippen molar-refractivity contribution in [1.82, 2.24) is 0 Å². The van der Waals surface area contributed by atoms with Gasteiger partial charge in [0.1, 0.15) is 5.41 Å². The molecule has 2 nitrogen and oxygen atoms in total. The zero-order valence-electron chi connectivity index (χ0n) is 36.0. The second-order valence-electron chi connectivity index (χ2n) is 19.4. The molecule has 5 aliphatic carbocycles. The average molecular weight is 799 g/mol. The summed E-state index contributed by atoms with van der Waals surface area (Å²) in [5.41, 5.74) is 21.6. The highest BCUT2D eigenvalue weighted by Crippen LogP contribution is 2.62. The van der Waals surface area contributed by atoms with Crippen LogP contribution in [0.15, 0.2) is 170 Å². The number of ketones is 2. The monoisotopic (exact) mass is 798 g/mol. The predicted octanol–water partition coefficient (Wildman–Crippen LogP) is 14.3. The van der Waals surface area contributed by atoms with Crippen molar-refractivity contribution >= 4 is 11.6 Å². The molecule has 62 heavy (non-hydrogen) atoms. The Morgan fingerprint density at radius 1 is 0.242 bits per heavy atom. The van der Waals surface area contributed by atoms with Crippen molar-refractivity contribution in [1.29, 1.82) is 0 Å². The highest BCUT2D eigenvalue weighted by Gasteiger charge is 2.56. The van der Waals surface area contributed by atoms with E-state index in [1.165, 1.54) is 61.2 Å². The minimum Gasteiger partial charge on any atom is -0.293 e. The minimum absolute atomic E-state index is 0.118. The fourth-order valence-electron chi connectivity index (χ4n) is 12.2. The van der Waals surface area contributed by atoms with Crippen molar-refractivity contribution in [2.75, 3.05) is 0 Å². The summed E-state index contributed by atoms with van der Waals surface area (Å²) < 4.78 is 0. The van der Waals surface area contributed by atoms with E-state index < -0.39 is 10.8 Å². The Hall–Kier alpha value is -6.90. The van der Waals surface area contributed by atoms with E-state index in [0.717, 1.165) is 50.1 Å². The Morgan fingerprint density at radius 3 is 1.08 bits per heavy atom. The van der Waals surface area contributed by atoms with Gasteiger partial charge in [-0.15, -0.1) is 0 Å². The topological polar surface area (TPSA) is 34.1 Å². The lowest BCUT2D eigenvalue weighted by Gasteiger charge is -2.38. The number of hydrogen-bond donors (Lipinski definition) is 0. The van der Waals surface area contributed by atoms with Crippen molar-refractivity contribution < 1.29 is 9.59 Å². The molecule has 0 radical (unpaired) electrons. The summed E-state index contributed by atoms with van der Waals surface area (Å²) in [5, 5.41) is 0. The van der Waals surface area contributed by atoms with E-state index in [4.69, 9.17) is 0 Å². The first kappa shape index (κ1) is 36.9. The quantitative estimate of drug-likeness (QED) is 0.153. The molecule has 13 rings (SSSR count). The Kier molecular flexibility index (Phi) is 7.36. The molecule has 5 aliphatic rings. The maximum atomic E-state index is 15.7. The van der Waals surface area contributed by atoms with Crippen LogP contribution in [0.5, 0.6) is 0 Å². The molecule has 1 spiro atoms. The summed E-state index contributed by atoms with van der Waals surface area (Å²) in [6.07, 6.45) is 0. The van der Waals surface area contributed by atoms with Gasteiger partial charge in [0, 0.05) is 22.0 Å². The van der Waals surface area contributed by atoms with Crippen molar-refractivity contribution in [3.05, 3.63) is 225 Å². The number of carbonyl (C=O) groups excluding carboxylic acids is 2. The molecule has 0 aliphatic heterocycles. The fraction of sp³-hybridized carbons (Fsp3) is 0.167. The van der Waals surface area contributed by atoms with Gasteiger partial charge in [-0.3, -0.25) is 9.59 Å². The molecule has 0 bridgehead atoms. The molecule has 298 valence electrons. The van der Waals surface area contributed by atoms with Crippen LogP contribution in [0.4, 0.5) is 0 Å². The number of carbonyl (C=O) groups is 2. The van der Waals surface area contributed by atoms with E-state index in [2.05, 4.69) is 161 Å². The zero-order valence-corrected chi connectivity index (χ0v) is 36.0. The normalized spacial score (nSPS) is 18.7. The molecule has 8 aromatic carbocycles. The van der Waals surface area contributed by atoms with Crippen molar-refractivity contribution in [2.45, 2.75) is 63.2 Å². The Balaban J connectivity index is 0.000000202. The lowest BCUT2D eigenvalue weighted by Crippen LogP contribution is -2.40. The lowest BCUT2D eigenvalue weighted by atomic mass is 9.61. The van der Waals surface area contributed by atoms with Crippen LogP contribution in [0, 0.1) is 0 Å². The fourth-order valence-corrected chi connectivity index (χ4v) is 12.2. The third-order valence-corrected chi connectivity index (χ3v) is 15.3. The molecule has 0 saturated carbocycles. The molecule has 1 unspecified atom stereocenters. The first-order chi connectivity index (χ1) is 29.9. The van der Waals surface area contributed by atoms with E-state index in [0.29, 0.717) is 0 Å². The van der Waals surface area contributed by atoms with Gasteiger partial charge in [0.25, 0.3) is 0 Å². The molecular weight excluding hydrogens is 753 g/mol. The van der Waals surface area contributed by atoms with Crippen LogP contribution in [0.3, 0.4) is 0 Å². The summed E-state index contributed by atoms with van der Waals surface area (Å²) in [4.78, 5) is 28.2. The van der Waals surface area contributed by atoms with E-state index in [1.807, 2.05) is 50.2 Å². The molecule has 0 fully saturated rings. The van der Waals surface area contributed by atoms with Gasteiger partial charge < -0.3 is 0 Å². The number of rotatable bonds is 0. The Labute approximate surface area is 364 Å². The van der Waals surface area contributed by atoms with Crippen molar-refractivity contribution in [3.8, 4) is 55.6 Å². The van der Waals surface area contributed by atoms with Crippen molar-refractivity contribution in [2.24, 2.45) is 0 Å². The van der Waals surface area contributed by atoms with Crippen LogP contribution in [-0.4, -0.2) is 11.6 Å². The van der Waals surface area contributed by atoms with E-state index >= 15 is 4.79 Å². The standard InChI is InChI=1S/C44H32O.C16H14O/c1-42(2)34-17-9-5-14-26(34)30-21-33-29(22-38(30)42)25-13-7-11-19-36(25)44(41(33)45)37-20-12-8-16-28(37)32-23-39-31(24-40(32)44)27-15-6-10-18-35(27)43(39,3)4;1-16(2)14-10-6-5-8-12(14)11-7-3-4-9-13(11)15(16)17/h5-24H,1-4H3;3-10H,1-2H3. The molecular formula is C60H46O2. The minimum atomic E-state index is -0.923. The molecule has 0 heterocycles. The van der Waals surface area contributed by atoms with Gasteiger partial charge in [0.2, 0.25) is 0 Å². The lowest BCUT2D eigenvalue weighted by molar-refractivity contribution is 0.0905. The second kappa shape index (κ2) is 12.4. The summed E-state index contributed by atoms with van der Waals surface area (Å²) in [6.45, 7) is 13.3. The summed E-state index contributed by atoms with van der Waals surface area (Å²) in [7, 11) is 0. The molecule has 2 heteroatoms. The molecule has 0 amide bonds. The summed E-state index contributed by atoms with van der Waals surface area (Å²) >= 11 is 0. The van der Waals surface area contributed by atoms with Gasteiger partial charge in [-0.05, 0) is 138 Å². The number of hydrogen-bond acceptors (Lipinski definition) is 2. The van der Waals surface area contributed by atoms with Crippen LogP contribution in [0.1, 0.15) is 107 Å². The molecule has 1 atom stereocenters. The Bertz CT molecular complexity index is 3320. The molecule has 0 saturated heterocycles. The summed E-state index contributed by atoms with van der Waals surface area (Å²) in [5.74, 6) is 0.393. The molecule has 0 N–H and O–H groups in total. The SMILES string of the molecule is CC1(C)C(=O)c2ccccc2-c2ccccc21.CC1(C)c2ccccc2-c2cc3c(cc21)-c1ccccc1C1(C3=O)c2ccccc2-c2cc3c(cc21)-c1ccccc1C3(C)C. The van der Waals surface area contributed by atoms with Crippen LogP contribution in [0.25, 0.3) is 55.6 Å². The van der Waals surface area contributed by atoms with Gasteiger partial charge in [0.05, 0.1) is 5.41 Å². The first-order valence-corrected chi connectivity index (χ1v) is 21.9. The van der Waals surface area contributed by atoms with Crippen molar-refractivity contribution in [3.63, 3.8) is 0 Å². The summed E-state index contributed by atoms with van der Waals surface area (Å²) in [6, 6.07) is 60.2. The molecule has 8 aromatic rings. The zero-order chi connectivity index (χ0) is 42.5. The van der Waals surface area contributed by atoms with Crippen LogP contribution < -0.4 is 0 Å². The van der Waals surface area contributed by atoms with Gasteiger partial charge in [-0.2, -0.15) is 0 Å². The highest BCUT2D eigenvalue weighted by atomic mass is 16.1. The predicted molar refractivity (Wildman–Crippen MR) is 252 cm³/mol. The third kappa shape index (κ3) is 4.49. The van der Waals surface area contributed by atoms with Gasteiger partial charge in [0.15, 0.2) is 11.6 Å². The maximum Gasteiger partial charge on any atom is 0.182 e. The van der Waals surface area contributed by atoms with Gasteiger partial charge in [-0.1, -0.05) is 173 Å². The maximum absolute atomic E-state index is 15.7. The Morgan fingerprint density at radius 2 is 0.565 bits per heavy atom.